The van der Waals surface area contributed by atoms with E-state index in [4.69, 9.17) is 18.9 Å². The lowest BCUT2D eigenvalue weighted by molar-refractivity contribution is -0.123. The van der Waals surface area contributed by atoms with Crippen molar-refractivity contribution in [3.8, 4) is 23.0 Å². The average Bonchev–Trinajstić information content (AvgIpc) is 3.26. The summed E-state index contributed by atoms with van der Waals surface area (Å²) in [5.74, 6) is 2.37. The molecule has 0 heterocycles. The molecule has 1 unspecified atom stereocenters. The number of rotatable bonds is 9. The predicted octanol–water partition coefficient (Wildman–Crippen LogP) is 4.59. The first-order valence-electron chi connectivity index (χ1n) is 10.4. The van der Waals surface area contributed by atoms with Crippen LogP contribution >= 0.6 is 0 Å². The fraction of sp³-hybridized carbons (Fsp3) is 0.458. The van der Waals surface area contributed by atoms with Gasteiger partial charge < -0.3 is 24.3 Å². The van der Waals surface area contributed by atoms with Crippen molar-refractivity contribution in [2.45, 2.75) is 51.7 Å². The maximum absolute atomic E-state index is 12.4. The van der Waals surface area contributed by atoms with Gasteiger partial charge in [0.25, 0.3) is 5.91 Å². The molecule has 1 aliphatic rings. The summed E-state index contributed by atoms with van der Waals surface area (Å²) >= 11 is 0. The van der Waals surface area contributed by atoms with E-state index in [0.29, 0.717) is 17.2 Å². The van der Waals surface area contributed by atoms with E-state index in [2.05, 4.69) is 5.32 Å². The summed E-state index contributed by atoms with van der Waals surface area (Å²) in [5, 5.41) is 2.96. The van der Waals surface area contributed by atoms with Crippen molar-refractivity contribution in [2.75, 3.05) is 20.8 Å². The van der Waals surface area contributed by atoms with Crippen LogP contribution in [0.25, 0.3) is 0 Å². The monoisotopic (exact) mass is 413 g/mol. The summed E-state index contributed by atoms with van der Waals surface area (Å²) in [6.07, 6.45) is 4.86. The molecule has 0 saturated heterocycles. The SMILES string of the molecule is COc1cc(C)ccc1OCC(=O)NC(C)c1ccc(OC2CCCC2)c(OC)c1. The summed E-state index contributed by atoms with van der Waals surface area (Å²) in [6, 6.07) is 11.2. The molecular formula is C24H31NO5. The molecule has 1 aliphatic carbocycles. The molecule has 1 atom stereocenters. The van der Waals surface area contributed by atoms with E-state index in [9.17, 15) is 4.79 Å². The summed E-state index contributed by atoms with van der Waals surface area (Å²) in [4.78, 5) is 12.4. The van der Waals surface area contributed by atoms with Crippen LogP contribution in [0, 0.1) is 6.92 Å². The van der Waals surface area contributed by atoms with Crippen LogP contribution in [-0.2, 0) is 4.79 Å². The van der Waals surface area contributed by atoms with Crippen LogP contribution in [0.3, 0.4) is 0 Å². The van der Waals surface area contributed by atoms with E-state index in [1.807, 2.05) is 44.2 Å². The zero-order valence-electron chi connectivity index (χ0n) is 18.2. The molecule has 30 heavy (non-hydrogen) atoms. The Labute approximate surface area is 178 Å². The maximum Gasteiger partial charge on any atom is 0.258 e. The molecular weight excluding hydrogens is 382 g/mol. The lowest BCUT2D eigenvalue weighted by atomic mass is 10.1. The first kappa shape index (κ1) is 21.8. The molecule has 1 amide bonds. The zero-order chi connectivity index (χ0) is 21.5. The van der Waals surface area contributed by atoms with Crippen molar-refractivity contribution in [2.24, 2.45) is 0 Å². The molecule has 1 saturated carbocycles. The Hall–Kier alpha value is -2.89. The maximum atomic E-state index is 12.4. The zero-order valence-corrected chi connectivity index (χ0v) is 18.2. The number of nitrogens with one attached hydrogen (secondary N) is 1. The van der Waals surface area contributed by atoms with Crippen LogP contribution in [0.2, 0.25) is 0 Å². The predicted molar refractivity (Wildman–Crippen MR) is 116 cm³/mol. The van der Waals surface area contributed by atoms with E-state index in [1.54, 1.807) is 20.3 Å². The van der Waals surface area contributed by atoms with Crippen LogP contribution < -0.4 is 24.3 Å². The standard InChI is InChI=1S/C24H31NO5/c1-16-9-11-20(22(13-16)27-3)29-15-24(26)25-17(2)18-10-12-21(23(14-18)28-4)30-19-7-5-6-8-19/h9-14,17,19H,5-8,15H2,1-4H3,(H,25,26). The van der Waals surface area contributed by atoms with Gasteiger partial charge in [0.1, 0.15) is 0 Å². The molecule has 0 aliphatic heterocycles. The molecule has 0 bridgehead atoms. The Bertz CT molecular complexity index is 861. The van der Waals surface area contributed by atoms with Crippen LogP contribution in [0.4, 0.5) is 0 Å². The summed E-state index contributed by atoms with van der Waals surface area (Å²) in [7, 11) is 3.21. The third kappa shape index (κ3) is 5.59. The van der Waals surface area contributed by atoms with Gasteiger partial charge >= 0.3 is 0 Å². The van der Waals surface area contributed by atoms with E-state index < -0.39 is 0 Å². The Morgan fingerprint density at radius 2 is 1.67 bits per heavy atom. The normalized spacial score (nSPS) is 14.8. The van der Waals surface area contributed by atoms with Crippen LogP contribution in [-0.4, -0.2) is 32.8 Å². The van der Waals surface area contributed by atoms with Crippen molar-refractivity contribution >= 4 is 5.91 Å². The van der Waals surface area contributed by atoms with Gasteiger partial charge in [-0.2, -0.15) is 0 Å². The number of aryl methyl sites for hydroxylation is 1. The lowest BCUT2D eigenvalue weighted by Crippen LogP contribution is -2.31. The second-order valence-electron chi connectivity index (χ2n) is 7.67. The quantitative estimate of drug-likeness (QED) is 0.651. The van der Waals surface area contributed by atoms with Gasteiger partial charge in [-0.1, -0.05) is 12.1 Å². The fourth-order valence-corrected chi connectivity index (χ4v) is 3.64. The molecule has 0 spiro atoms. The number of hydrogen-bond donors (Lipinski definition) is 1. The largest absolute Gasteiger partial charge is 0.493 e. The summed E-state index contributed by atoms with van der Waals surface area (Å²) in [6.45, 7) is 3.81. The smallest absolute Gasteiger partial charge is 0.258 e. The van der Waals surface area contributed by atoms with Gasteiger partial charge in [-0.15, -0.1) is 0 Å². The fourth-order valence-electron chi connectivity index (χ4n) is 3.64. The van der Waals surface area contributed by atoms with Crippen molar-refractivity contribution in [3.05, 3.63) is 47.5 Å². The highest BCUT2D eigenvalue weighted by Crippen LogP contribution is 2.34. The topological polar surface area (TPSA) is 66.0 Å². The number of hydrogen-bond acceptors (Lipinski definition) is 5. The van der Waals surface area contributed by atoms with Gasteiger partial charge in [-0.05, 0) is 74.9 Å². The van der Waals surface area contributed by atoms with E-state index in [-0.39, 0.29) is 24.7 Å². The van der Waals surface area contributed by atoms with Gasteiger partial charge in [0.15, 0.2) is 29.6 Å². The molecule has 162 valence electrons. The number of carbonyl (C=O) groups is 1. The molecule has 6 nitrogen and oxygen atoms in total. The lowest BCUT2D eigenvalue weighted by Gasteiger charge is -2.19. The summed E-state index contributed by atoms with van der Waals surface area (Å²) < 4.78 is 22.6. The number of amides is 1. The highest BCUT2D eigenvalue weighted by atomic mass is 16.5. The first-order chi connectivity index (χ1) is 14.5. The van der Waals surface area contributed by atoms with Crippen LogP contribution in [0.1, 0.15) is 49.8 Å². The minimum atomic E-state index is -0.213. The van der Waals surface area contributed by atoms with Gasteiger partial charge in [-0.25, -0.2) is 0 Å². The number of carbonyl (C=O) groups excluding carboxylic acids is 1. The van der Waals surface area contributed by atoms with Gasteiger partial charge in [0, 0.05) is 0 Å². The summed E-state index contributed by atoms with van der Waals surface area (Å²) in [5.41, 5.74) is 2.00. The number of methoxy groups -OCH3 is 2. The van der Waals surface area contributed by atoms with E-state index in [1.165, 1.54) is 12.8 Å². The van der Waals surface area contributed by atoms with E-state index in [0.717, 1.165) is 29.7 Å². The third-order valence-corrected chi connectivity index (χ3v) is 5.34. The minimum Gasteiger partial charge on any atom is -0.493 e. The second-order valence-corrected chi connectivity index (χ2v) is 7.67. The highest BCUT2D eigenvalue weighted by molar-refractivity contribution is 5.78. The number of ether oxygens (including phenoxy) is 4. The minimum absolute atomic E-state index is 0.0935. The van der Waals surface area contributed by atoms with Crippen LogP contribution in [0.5, 0.6) is 23.0 Å². The van der Waals surface area contributed by atoms with Crippen molar-refractivity contribution in [1.82, 2.24) is 5.32 Å². The Morgan fingerprint density at radius 3 is 2.37 bits per heavy atom. The average molecular weight is 414 g/mol. The van der Waals surface area contributed by atoms with Crippen molar-refractivity contribution in [3.63, 3.8) is 0 Å². The number of benzene rings is 2. The van der Waals surface area contributed by atoms with Gasteiger partial charge in [-0.3, -0.25) is 4.79 Å². The van der Waals surface area contributed by atoms with Crippen LogP contribution in [0.15, 0.2) is 36.4 Å². The Kier molecular flexibility index (Phi) is 7.44. The second kappa shape index (κ2) is 10.2. The Balaban J connectivity index is 1.58. The molecule has 3 rings (SSSR count). The van der Waals surface area contributed by atoms with E-state index >= 15 is 0 Å². The third-order valence-electron chi connectivity index (χ3n) is 5.34. The van der Waals surface area contributed by atoms with Crippen molar-refractivity contribution in [1.29, 1.82) is 0 Å². The molecule has 1 fully saturated rings. The molecule has 1 N–H and O–H groups in total. The molecule has 2 aromatic rings. The van der Waals surface area contributed by atoms with Gasteiger partial charge in [0.2, 0.25) is 0 Å². The highest BCUT2D eigenvalue weighted by Gasteiger charge is 2.19. The first-order valence-corrected chi connectivity index (χ1v) is 10.4. The molecule has 6 heteroatoms. The van der Waals surface area contributed by atoms with Gasteiger partial charge in [0.05, 0.1) is 26.4 Å². The molecule has 2 aromatic carbocycles. The van der Waals surface area contributed by atoms with Crippen molar-refractivity contribution < 1.29 is 23.7 Å². The molecule has 0 aromatic heterocycles. The Morgan fingerprint density at radius 1 is 1.00 bits per heavy atom. The molecule has 0 radical (unpaired) electrons.